The maximum atomic E-state index is 13.7. The van der Waals surface area contributed by atoms with Gasteiger partial charge >= 0.3 is 0 Å². The first-order valence-corrected chi connectivity index (χ1v) is 8.36. The van der Waals surface area contributed by atoms with Crippen LogP contribution in [0.15, 0.2) is 48.5 Å². The highest BCUT2D eigenvalue weighted by Crippen LogP contribution is 2.24. The van der Waals surface area contributed by atoms with Crippen LogP contribution in [0.3, 0.4) is 0 Å². The minimum absolute atomic E-state index is 0.0441. The predicted molar refractivity (Wildman–Crippen MR) is 101 cm³/mol. The summed E-state index contributed by atoms with van der Waals surface area (Å²) in [5.41, 5.74) is 1.48. The summed E-state index contributed by atoms with van der Waals surface area (Å²) < 4.78 is 18.9. The van der Waals surface area contributed by atoms with Crippen LogP contribution in [-0.2, 0) is 0 Å². The van der Waals surface area contributed by atoms with Gasteiger partial charge in [-0.15, -0.1) is 0 Å². The summed E-state index contributed by atoms with van der Waals surface area (Å²) in [6.45, 7) is 4.32. The molecule has 2 aromatic carbocycles. The first-order valence-electron chi connectivity index (χ1n) is 7.95. The Morgan fingerprint density at radius 1 is 1.12 bits per heavy atom. The second kappa shape index (κ2) is 8.64. The van der Waals surface area contributed by atoms with Gasteiger partial charge in [-0.3, -0.25) is 0 Å². The van der Waals surface area contributed by atoms with Crippen molar-refractivity contribution in [2.24, 2.45) is 5.92 Å². The van der Waals surface area contributed by atoms with Gasteiger partial charge in [0.05, 0.1) is 18.8 Å². The summed E-state index contributed by atoms with van der Waals surface area (Å²) in [6.07, 6.45) is 0.908. The zero-order chi connectivity index (χ0) is 17.5. The van der Waals surface area contributed by atoms with E-state index in [1.165, 1.54) is 6.07 Å². The van der Waals surface area contributed by atoms with E-state index in [2.05, 4.69) is 24.5 Å². The molecule has 3 nitrogen and oxygen atoms in total. The summed E-state index contributed by atoms with van der Waals surface area (Å²) >= 11 is 5.36. The lowest BCUT2D eigenvalue weighted by atomic mass is 9.97. The van der Waals surface area contributed by atoms with Crippen molar-refractivity contribution in [2.75, 3.05) is 12.4 Å². The van der Waals surface area contributed by atoms with Crippen molar-refractivity contribution < 1.29 is 9.13 Å². The lowest BCUT2D eigenvalue weighted by Gasteiger charge is -2.23. The van der Waals surface area contributed by atoms with Crippen molar-refractivity contribution in [1.82, 2.24) is 5.32 Å². The summed E-state index contributed by atoms with van der Waals surface area (Å²) in [6, 6.07) is 14.4. The molecule has 0 aromatic heterocycles. The van der Waals surface area contributed by atoms with Crippen LogP contribution < -0.4 is 15.4 Å². The molecule has 0 unspecified atom stereocenters. The van der Waals surface area contributed by atoms with Crippen molar-refractivity contribution in [2.45, 2.75) is 26.3 Å². The molecule has 2 N–H and O–H groups in total. The normalized spacial score (nSPS) is 11.9. The Balaban J connectivity index is 2.10. The lowest BCUT2D eigenvalue weighted by Crippen LogP contribution is -2.33. The van der Waals surface area contributed by atoms with Crippen LogP contribution >= 0.6 is 12.2 Å². The van der Waals surface area contributed by atoms with Crippen molar-refractivity contribution in [3.05, 3.63) is 59.9 Å². The third-order valence-electron chi connectivity index (χ3n) is 3.65. The fraction of sp³-hybridized carbons (Fsp3) is 0.316. The van der Waals surface area contributed by atoms with Crippen LogP contribution in [0.25, 0.3) is 0 Å². The van der Waals surface area contributed by atoms with Crippen molar-refractivity contribution >= 4 is 23.0 Å². The van der Waals surface area contributed by atoms with Crippen LogP contribution in [0.5, 0.6) is 5.75 Å². The van der Waals surface area contributed by atoms with E-state index >= 15 is 0 Å². The molecule has 0 aliphatic carbocycles. The molecule has 128 valence electrons. The fourth-order valence-corrected chi connectivity index (χ4v) is 2.72. The largest absolute Gasteiger partial charge is 0.497 e. The monoisotopic (exact) mass is 346 g/mol. The zero-order valence-corrected chi connectivity index (χ0v) is 15.0. The number of nitrogens with one attached hydrogen (secondary N) is 2. The molecule has 24 heavy (non-hydrogen) atoms. The highest BCUT2D eigenvalue weighted by Gasteiger charge is 2.15. The lowest BCUT2D eigenvalue weighted by molar-refractivity contribution is 0.414. The minimum atomic E-state index is -0.327. The smallest absolute Gasteiger partial charge is 0.171 e. The molecule has 0 spiro atoms. The third-order valence-corrected chi connectivity index (χ3v) is 3.87. The zero-order valence-electron chi connectivity index (χ0n) is 14.2. The minimum Gasteiger partial charge on any atom is -0.497 e. The van der Waals surface area contributed by atoms with Gasteiger partial charge in [0.25, 0.3) is 0 Å². The Kier molecular flexibility index (Phi) is 6.55. The molecule has 0 amide bonds. The van der Waals surface area contributed by atoms with Crippen LogP contribution in [0.1, 0.15) is 31.9 Å². The predicted octanol–water partition coefficient (Wildman–Crippen LogP) is 4.91. The van der Waals surface area contributed by atoms with E-state index in [1.54, 1.807) is 25.3 Å². The van der Waals surface area contributed by atoms with Gasteiger partial charge < -0.3 is 15.4 Å². The molecular formula is C19H23FN2OS. The number of halogens is 1. The summed E-state index contributed by atoms with van der Waals surface area (Å²) in [7, 11) is 1.65. The number of methoxy groups -OCH3 is 1. The molecule has 0 heterocycles. The van der Waals surface area contributed by atoms with E-state index in [1.807, 2.05) is 24.3 Å². The van der Waals surface area contributed by atoms with Gasteiger partial charge in [-0.1, -0.05) is 38.1 Å². The quantitative estimate of drug-likeness (QED) is 0.728. The van der Waals surface area contributed by atoms with Crippen LogP contribution in [0.4, 0.5) is 10.1 Å². The van der Waals surface area contributed by atoms with Crippen LogP contribution in [-0.4, -0.2) is 12.2 Å². The number of hydrogen-bond acceptors (Lipinski definition) is 2. The number of para-hydroxylation sites is 1. The Morgan fingerprint density at radius 3 is 2.38 bits per heavy atom. The van der Waals surface area contributed by atoms with E-state index in [0.717, 1.165) is 17.7 Å². The SMILES string of the molecule is COc1ccc([C@@H](CC(C)C)NC(=S)Nc2ccccc2F)cc1. The van der Waals surface area contributed by atoms with Gasteiger partial charge in [-0.25, -0.2) is 4.39 Å². The standard InChI is InChI=1S/C19H23FN2OS/c1-13(2)12-18(14-8-10-15(23-3)11-9-14)22-19(24)21-17-7-5-4-6-16(17)20/h4-11,13,18H,12H2,1-3H3,(H2,21,22,24)/t18-/m1/s1. The molecule has 5 heteroatoms. The van der Waals surface area contributed by atoms with Crippen LogP contribution in [0, 0.1) is 11.7 Å². The van der Waals surface area contributed by atoms with E-state index in [4.69, 9.17) is 17.0 Å². The van der Waals surface area contributed by atoms with Gasteiger partial charge in [0.15, 0.2) is 5.11 Å². The van der Waals surface area contributed by atoms with Gasteiger partial charge in [-0.2, -0.15) is 0 Å². The molecule has 0 saturated heterocycles. The average Bonchev–Trinajstić information content (AvgIpc) is 2.56. The Morgan fingerprint density at radius 2 is 1.79 bits per heavy atom. The van der Waals surface area contributed by atoms with Gasteiger partial charge in [-0.05, 0) is 54.4 Å². The van der Waals surface area contributed by atoms with Gasteiger partial charge in [0.2, 0.25) is 0 Å². The average molecular weight is 346 g/mol. The van der Waals surface area contributed by atoms with Gasteiger partial charge in [0, 0.05) is 0 Å². The number of thiocarbonyl (C=S) groups is 1. The van der Waals surface area contributed by atoms with E-state index in [9.17, 15) is 4.39 Å². The molecule has 0 bridgehead atoms. The summed E-state index contributed by atoms with van der Waals surface area (Å²) in [4.78, 5) is 0. The van der Waals surface area contributed by atoms with Crippen molar-refractivity contribution in [3.63, 3.8) is 0 Å². The number of anilines is 1. The first-order chi connectivity index (χ1) is 11.5. The number of rotatable bonds is 6. The van der Waals surface area contributed by atoms with E-state index in [0.29, 0.717) is 16.7 Å². The number of benzene rings is 2. The van der Waals surface area contributed by atoms with Crippen molar-refractivity contribution in [3.8, 4) is 5.75 Å². The fourth-order valence-electron chi connectivity index (χ4n) is 2.47. The third kappa shape index (κ3) is 5.20. The molecule has 0 saturated carbocycles. The van der Waals surface area contributed by atoms with E-state index < -0.39 is 0 Å². The Labute approximate surface area is 148 Å². The summed E-state index contributed by atoms with van der Waals surface area (Å²) in [5, 5.41) is 6.62. The number of ether oxygens (including phenoxy) is 1. The topological polar surface area (TPSA) is 33.3 Å². The number of hydrogen-bond donors (Lipinski definition) is 2. The highest BCUT2D eigenvalue weighted by molar-refractivity contribution is 7.80. The second-order valence-electron chi connectivity index (χ2n) is 6.03. The maximum Gasteiger partial charge on any atom is 0.171 e. The van der Waals surface area contributed by atoms with Crippen LogP contribution in [0.2, 0.25) is 0 Å². The summed E-state index contributed by atoms with van der Waals surface area (Å²) in [5.74, 6) is 0.974. The maximum absolute atomic E-state index is 13.7. The molecule has 1 atom stereocenters. The molecule has 0 aliphatic rings. The second-order valence-corrected chi connectivity index (χ2v) is 6.44. The highest BCUT2D eigenvalue weighted by atomic mass is 32.1. The van der Waals surface area contributed by atoms with Crippen molar-refractivity contribution in [1.29, 1.82) is 0 Å². The molecule has 2 aromatic rings. The van der Waals surface area contributed by atoms with Gasteiger partial charge in [0.1, 0.15) is 11.6 Å². The molecule has 0 aliphatic heterocycles. The first kappa shape index (κ1) is 18.2. The molecule has 2 rings (SSSR count). The molecular weight excluding hydrogens is 323 g/mol. The van der Waals surface area contributed by atoms with E-state index in [-0.39, 0.29) is 11.9 Å². The molecule has 0 radical (unpaired) electrons. The Bertz CT molecular complexity index is 673. The Hall–Kier alpha value is -2.14. The molecule has 0 fully saturated rings.